The van der Waals surface area contributed by atoms with Gasteiger partial charge < -0.3 is 5.32 Å². The minimum atomic E-state index is 0.929. The maximum Gasteiger partial charge on any atom is 0.0702 e. The predicted octanol–water partition coefficient (Wildman–Crippen LogP) is 4.01. The van der Waals surface area contributed by atoms with Crippen LogP contribution in [0.5, 0.6) is 0 Å². The van der Waals surface area contributed by atoms with E-state index in [-0.39, 0.29) is 0 Å². The summed E-state index contributed by atoms with van der Waals surface area (Å²) in [7, 11) is 0. The van der Waals surface area contributed by atoms with E-state index in [0.717, 1.165) is 18.6 Å². The Morgan fingerprint density at radius 1 is 0.950 bits per heavy atom. The summed E-state index contributed by atoms with van der Waals surface area (Å²) in [6.45, 7) is 4.05. The third-order valence-electron chi connectivity index (χ3n) is 3.47. The number of pyridine rings is 1. The molecule has 0 unspecified atom stereocenters. The highest BCUT2D eigenvalue weighted by Crippen LogP contribution is 2.23. The predicted molar refractivity (Wildman–Crippen MR) is 84.6 cm³/mol. The summed E-state index contributed by atoms with van der Waals surface area (Å²) < 4.78 is 0. The first-order valence-corrected chi connectivity index (χ1v) is 7.01. The van der Waals surface area contributed by atoms with Gasteiger partial charge >= 0.3 is 0 Å². The molecule has 1 aromatic heterocycles. The minimum absolute atomic E-state index is 0.929. The fourth-order valence-electron chi connectivity index (χ4n) is 2.34. The highest BCUT2D eigenvalue weighted by molar-refractivity contribution is 5.84. The second-order valence-electron chi connectivity index (χ2n) is 4.89. The molecule has 1 heterocycles. The van der Waals surface area contributed by atoms with Gasteiger partial charge in [0.2, 0.25) is 0 Å². The Balaban J connectivity index is 1.90. The maximum atomic E-state index is 4.36. The third kappa shape index (κ3) is 2.70. The molecule has 1 N–H and O–H groups in total. The van der Waals surface area contributed by atoms with E-state index in [1.165, 1.54) is 22.1 Å². The Morgan fingerprint density at radius 2 is 1.75 bits per heavy atom. The van der Waals surface area contributed by atoms with E-state index in [1.54, 1.807) is 0 Å². The van der Waals surface area contributed by atoms with Gasteiger partial charge in [-0.05, 0) is 41.4 Å². The number of nitrogens with zero attached hydrogens (tertiary/aromatic N) is 1. The lowest BCUT2D eigenvalue weighted by molar-refractivity contribution is 0.727. The van der Waals surface area contributed by atoms with E-state index in [0.29, 0.717) is 0 Å². The first-order valence-electron chi connectivity index (χ1n) is 7.01. The number of fused-ring (bicyclic) bond motifs is 1. The molecule has 100 valence electrons. The van der Waals surface area contributed by atoms with Crippen molar-refractivity contribution in [2.75, 3.05) is 6.54 Å². The van der Waals surface area contributed by atoms with Gasteiger partial charge in [-0.2, -0.15) is 0 Å². The van der Waals surface area contributed by atoms with Crippen LogP contribution in [0.1, 0.15) is 12.5 Å². The van der Waals surface area contributed by atoms with E-state index < -0.39 is 0 Å². The van der Waals surface area contributed by atoms with E-state index in [1.807, 2.05) is 12.3 Å². The molecule has 2 heteroatoms. The largest absolute Gasteiger partial charge is 0.313 e. The molecule has 0 saturated carbocycles. The van der Waals surface area contributed by atoms with Crippen LogP contribution < -0.4 is 5.32 Å². The quantitative estimate of drug-likeness (QED) is 0.768. The Hall–Kier alpha value is -2.19. The van der Waals surface area contributed by atoms with Gasteiger partial charge in [-0.15, -0.1) is 0 Å². The maximum absolute atomic E-state index is 4.36. The summed E-state index contributed by atoms with van der Waals surface area (Å²) in [5.74, 6) is 0. The standard InChI is InChI=1S/C18H18N2/c1-2-19-13-14-5-7-15(8-6-14)16-9-10-18-17(12-16)4-3-11-20-18/h3-12,19H,2,13H2,1H3. The summed E-state index contributed by atoms with van der Waals surface area (Å²) >= 11 is 0. The molecule has 3 aromatic rings. The molecular weight excluding hydrogens is 244 g/mol. The minimum Gasteiger partial charge on any atom is -0.313 e. The van der Waals surface area contributed by atoms with Gasteiger partial charge in [-0.3, -0.25) is 4.98 Å². The first kappa shape index (κ1) is 12.8. The van der Waals surface area contributed by atoms with Crippen LogP contribution in [-0.4, -0.2) is 11.5 Å². The van der Waals surface area contributed by atoms with Crippen molar-refractivity contribution in [1.29, 1.82) is 0 Å². The average molecular weight is 262 g/mol. The number of hydrogen-bond acceptors (Lipinski definition) is 2. The zero-order valence-electron chi connectivity index (χ0n) is 11.6. The highest BCUT2D eigenvalue weighted by Gasteiger charge is 2.00. The number of rotatable bonds is 4. The van der Waals surface area contributed by atoms with Gasteiger partial charge in [0, 0.05) is 18.1 Å². The number of hydrogen-bond donors (Lipinski definition) is 1. The molecule has 0 atom stereocenters. The highest BCUT2D eigenvalue weighted by atomic mass is 14.8. The van der Waals surface area contributed by atoms with Gasteiger partial charge in [0.05, 0.1) is 5.52 Å². The lowest BCUT2D eigenvalue weighted by Crippen LogP contribution is -2.11. The lowest BCUT2D eigenvalue weighted by atomic mass is 10.0. The van der Waals surface area contributed by atoms with Crippen LogP contribution in [0.25, 0.3) is 22.0 Å². The molecule has 3 rings (SSSR count). The summed E-state index contributed by atoms with van der Waals surface area (Å²) in [5, 5.41) is 4.52. The van der Waals surface area contributed by atoms with Gasteiger partial charge in [0.1, 0.15) is 0 Å². The SMILES string of the molecule is CCNCc1ccc(-c2ccc3ncccc3c2)cc1. The number of nitrogens with one attached hydrogen (secondary N) is 1. The molecule has 2 nitrogen and oxygen atoms in total. The number of benzene rings is 2. The van der Waals surface area contributed by atoms with Crippen molar-refractivity contribution in [2.24, 2.45) is 0 Å². The lowest BCUT2D eigenvalue weighted by Gasteiger charge is -2.06. The fraction of sp³-hybridized carbons (Fsp3) is 0.167. The molecule has 0 aliphatic carbocycles. The van der Waals surface area contributed by atoms with Crippen LogP contribution in [0.15, 0.2) is 60.8 Å². The monoisotopic (exact) mass is 262 g/mol. The van der Waals surface area contributed by atoms with Crippen LogP contribution in [0.2, 0.25) is 0 Å². The van der Waals surface area contributed by atoms with E-state index in [4.69, 9.17) is 0 Å². The molecule has 20 heavy (non-hydrogen) atoms. The Kier molecular flexibility index (Phi) is 3.75. The van der Waals surface area contributed by atoms with Crippen molar-refractivity contribution in [3.63, 3.8) is 0 Å². The summed E-state index contributed by atoms with van der Waals surface area (Å²) in [5.41, 5.74) is 4.84. The molecule has 0 radical (unpaired) electrons. The average Bonchev–Trinajstić information content (AvgIpc) is 2.53. The topological polar surface area (TPSA) is 24.9 Å². The van der Waals surface area contributed by atoms with Gasteiger partial charge in [-0.1, -0.05) is 43.3 Å². The molecular formula is C18H18N2. The van der Waals surface area contributed by atoms with E-state index in [9.17, 15) is 0 Å². The van der Waals surface area contributed by atoms with Crippen molar-refractivity contribution in [3.8, 4) is 11.1 Å². The molecule has 0 saturated heterocycles. The van der Waals surface area contributed by atoms with Crippen molar-refractivity contribution >= 4 is 10.9 Å². The third-order valence-corrected chi connectivity index (χ3v) is 3.47. The second-order valence-corrected chi connectivity index (χ2v) is 4.89. The zero-order valence-corrected chi connectivity index (χ0v) is 11.6. The molecule has 2 aromatic carbocycles. The summed E-state index contributed by atoms with van der Waals surface area (Å²) in [6, 6.07) is 19.2. The van der Waals surface area contributed by atoms with Crippen LogP contribution in [0.3, 0.4) is 0 Å². The fourth-order valence-corrected chi connectivity index (χ4v) is 2.34. The van der Waals surface area contributed by atoms with Crippen molar-refractivity contribution < 1.29 is 0 Å². The Bertz CT molecular complexity index is 702. The second kappa shape index (κ2) is 5.85. The molecule has 0 bridgehead atoms. The van der Waals surface area contributed by atoms with Crippen LogP contribution in [0.4, 0.5) is 0 Å². The Labute approximate surface area is 119 Å². The van der Waals surface area contributed by atoms with E-state index in [2.05, 4.69) is 65.8 Å². The van der Waals surface area contributed by atoms with Gasteiger partial charge in [-0.25, -0.2) is 0 Å². The number of aromatic nitrogens is 1. The van der Waals surface area contributed by atoms with Gasteiger partial charge in [0.15, 0.2) is 0 Å². The molecule has 0 spiro atoms. The van der Waals surface area contributed by atoms with Crippen molar-refractivity contribution in [1.82, 2.24) is 10.3 Å². The molecule has 0 aliphatic rings. The van der Waals surface area contributed by atoms with Crippen molar-refractivity contribution in [2.45, 2.75) is 13.5 Å². The summed E-state index contributed by atoms with van der Waals surface area (Å²) in [6.07, 6.45) is 1.83. The molecule has 0 amide bonds. The van der Waals surface area contributed by atoms with Crippen molar-refractivity contribution in [3.05, 3.63) is 66.4 Å². The molecule has 0 fully saturated rings. The zero-order chi connectivity index (χ0) is 13.8. The molecule has 0 aliphatic heterocycles. The van der Waals surface area contributed by atoms with Crippen LogP contribution in [-0.2, 0) is 6.54 Å². The first-order chi connectivity index (χ1) is 9.86. The van der Waals surface area contributed by atoms with Crippen LogP contribution >= 0.6 is 0 Å². The summed E-state index contributed by atoms with van der Waals surface area (Å²) in [4.78, 5) is 4.36. The van der Waals surface area contributed by atoms with Crippen LogP contribution in [0, 0.1) is 0 Å². The van der Waals surface area contributed by atoms with E-state index >= 15 is 0 Å². The normalized spacial score (nSPS) is 10.8. The Morgan fingerprint density at radius 3 is 2.55 bits per heavy atom. The smallest absolute Gasteiger partial charge is 0.0702 e. The van der Waals surface area contributed by atoms with Gasteiger partial charge in [0.25, 0.3) is 0 Å².